The smallest absolute Gasteiger partial charge is 0.490 e. The van der Waals surface area contributed by atoms with Crippen LogP contribution in [-0.2, 0) is 25.5 Å². The van der Waals surface area contributed by atoms with Crippen LogP contribution in [0.1, 0.15) is 5.56 Å². The van der Waals surface area contributed by atoms with Gasteiger partial charge in [0.25, 0.3) is 0 Å². The summed E-state index contributed by atoms with van der Waals surface area (Å²) in [6.45, 7) is 1.87. The van der Waals surface area contributed by atoms with Gasteiger partial charge < -0.3 is 24.8 Å². The van der Waals surface area contributed by atoms with E-state index in [9.17, 15) is 27.2 Å². The fourth-order valence-electron chi connectivity index (χ4n) is 3.59. The third kappa shape index (κ3) is 6.54. The van der Waals surface area contributed by atoms with Crippen LogP contribution in [0.15, 0.2) is 18.2 Å². The molecule has 1 aromatic carbocycles. The van der Waals surface area contributed by atoms with Gasteiger partial charge in [-0.25, -0.2) is 9.18 Å². The Morgan fingerprint density at radius 3 is 2.36 bits per heavy atom. The van der Waals surface area contributed by atoms with Gasteiger partial charge >= 0.3 is 12.1 Å². The first kappa shape index (κ1) is 26.3. The summed E-state index contributed by atoms with van der Waals surface area (Å²) < 4.78 is 56.1. The average molecular weight is 479 g/mol. The fraction of sp³-hybridized carbons (Fsp3) is 0.550. The van der Waals surface area contributed by atoms with Crippen LogP contribution in [0.4, 0.5) is 17.6 Å². The number of carboxylic acid groups (broad SMARTS) is 1. The van der Waals surface area contributed by atoms with E-state index < -0.39 is 23.6 Å². The Bertz CT molecular complexity index is 889. The third-order valence-electron chi connectivity index (χ3n) is 5.31. The van der Waals surface area contributed by atoms with Crippen molar-refractivity contribution in [2.45, 2.75) is 24.2 Å². The number of aliphatic carboxylic acids is 1. The third-order valence-corrected chi connectivity index (χ3v) is 5.31. The molecule has 0 saturated carbocycles. The number of hydrogen-bond donors (Lipinski definition) is 2. The number of alkyl halides is 3. The quantitative estimate of drug-likeness (QED) is 0.611. The monoisotopic (exact) mass is 479 g/mol. The molecule has 9 nitrogen and oxygen atoms in total. The molecule has 13 heteroatoms. The number of benzene rings is 1. The Hall–Kier alpha value is -2.93. The van der Waals surface area contributed by atoms with E-state index in [1.54, 1.807) is 18.0 Å². The molecule has 1 aromatic rings. The zero-order valence-electron chi connectivity index (χ0n) is 18.2. The first-order valence-corrected chi connectivity index (χ1v) is 9.78. The van der Waals surface area contributed by atoms with Gasteiger partial charge in [-0.2, -0.15) is 13.2 Å². The number of likely N-dealkylation sites (tertiary alicyclic amines) is 1. The number of hydrogen-bond acceptors (Lipinski definition) is 6. The molecule has 2 N–H and O–H groups in total. The molecule has 1 atom stereocenters. The molecule has 0 radical (unpaired) electrons. The first-order chi connectivity index (χ1) is 15.3. The van der Waals surface area contributed by atoms with E-state index in [1.165, 1.54) is 19.2 Å². The fourth-order valence-corrected chi connectivity index (χ4v) is 3.59. The number of likely N-dealkylation sites (N-methyl/N-ethyl adjacent to an activating group) is 2. The zero-order chi connectivity index (χ0) is 25.0. The average Bonchev–Trinajstić information content (AvgIpc) is 2.72. The summed E-state index contributed by atoms with van der Waals surface area (Å²) in [5, 5.41) is 9.76. The molecule has 2 fully saturated rings. The maximum Gasteiger partial charge on any atom is 0.490 e. The van der Waals surface area contributed by atoms with Crippen LogP contribution in [0, 0.1) is 5.82 Å². The first-order valence-electron chi connectivity index (χ1n) is 9.78. The Balaban J connectivity index is 0.000000479. The van der Waals surface area contributed by atoms with Crippen LogP contribution in [-0.4, -0.2) is 98.0 Å². The number of ether oxygens (including phenoxy) is 2. The van der Waals surface area contributed by atoms with Gasteiger partial charge in [0.1, 0.15) is 23.2 Å². The lowest BCUT2D eigenvalue weighted by Gasteiger charge is -2.54. The molecule has 0 aliphatic carbocycles. The van der Waals surface area contributed by atoms with Crippen molar-refractivity contribution in [3.63, 3.8) is 0 Å². The van der Waals surface area contributed by atoms with E-state index >= 15 is 0 Å². The van der Waals surface area contributed by atoms with Crippen molar-refractivity contribution in [2.24, 2.45) is 0 Å². The lowest BCUT2D eigenvalue weighted by molar-refractivity contribution is -0.200. The van der Waals surface area contributed by atoms with Crippen molar-refractivity contribution in [3.8, 4) is 5.75 Å². The van der Waals surface area contributed by atoms with Gasteiger partial charge in [0.05, 0.1) is 33.2 Å². The number of halogens is 4. The van der Waals surface area contributed by atoms with Crippen LogP contribution < -0.4 is 10.1 Å². The summed E-state index contributed by atoms with van der Waals surface area (Å²) in [7, 11) is 4.95. The van der Waals surface area contributed by atoms with Gasteiger partial charge in [0.15, 0.2) is 0 Å². The minimum Gasteiger partial charge on any atom is -0.496 e. The summed E-state index contributed by atoms with van der Waals surface area (Å²) in [4.78, 5) is 36.9. The maximum absolute atomic E-state index is 13.3. The lowest BCUT2D eigenvalue weighted by atomic mass is 9.90. The number of amides is 2. The van der Waals surface area contributed by atoms with Crippen LogP contribution in [0.3, 0.4) is 0 Å². The molecule has 184 valence electrons. The van der Waals surface area contributed by atoms with Crippen molar-refractivity contribution in [1.29, 1.82) is 0 Å². The molecule has 0 aromatic heterocycles. The zero-order valence-corrected chi connectivity index (χ0v) is 18.2. The molecule has 2 aliphatic rings. The predicted molar refractivity (Wildman–Crippen MR) is 106 cm³/mol. The molecule has 1 unspecified atom stereocenters. The van der Waals surface area contributed by atoms with E-state index in [0.29, 0.717) is 37.6 Å². The summed E-state index contributed by atoms with van der Waals surface area (Å²) in [5.74, 6) is -2.91. The number of carboxylic acids is 1. The van der Waals surface area contributed by atoms with Crippen molar-refractivity contribution < 1.29 is 46.5 Å². The number of rotatable bonds is 4. The Morgan fingerprint density at radius 2 is 1.88 bits per heavy atom. The number of morpholine rings is 1. The highest BCUT2D eigenvalue weighted by Crippen LogP contribution is 2.31. The highest BCUT2D eigenvalue weighted by atomic mass is 19.4. The standard InChI is InChI=1S/C18H24FN3O4.C2HF3O2/c1-20-17(24)14-8-26-18(9-21(14)2)10-22(11-18)16(23)6-12-4-5-13(19)7-15(12)25-3;3-2(4,5)1(6)7/h4-5,7,14H,6,8-11H2,1-3H3,(H,20,24);(H,6,7). The molecule has 2 amide bonds. The van der Waals surface area contributed by atoms with Gasteiger partial charge in [-0.1, -0.05) is 6.07 Å². The highest BCUT2D eigenvalue weighted by molar-refractivity contribution is 5.82. The van der Waals surface area contributed by atoms with Crippen molar-refractivity contribution in [3.05, 3.63) is 29.6 Å². The number of nitrogens with one attached hydrogen (secondary N) is 1. The molecular weight excluding hydrogens is 454 g/mol. The van der Waals surface area contributed by atoms with E-state index in [2.05, 4.69) is 5.32 Å². The number of carbonyl (C=O) groups is 3. The summed E-state index contributed by atoms with van der Waals surface area (Å²) in [6, 6.07) is 3.86. The molecule has 33 heavy (non-hydrogen) atoms. The van der Waals surface area contributed by atoms with Crippen LogP contribution in [0.5, 0.6) is 5.75 Å². The van der Waals surface area contributed by atoms with E-state index in [0.717, 1.165) is 0 Å². The minimum absolute atomic E-state index is 0.0554. The molecule has 2 saturated heterocycles. The molecule has 2 aliphatic heterocycles. The predicted octanol–water partition coefficient (Wildman–Crippen LogP) is 0.668. The summed E-state index contributed by atoms with van der Waals surface area (Å²) >= 11 is 0. The van der Waals surface area contributed by atoms with E-state index in [1.807, 2.05) is 11.9 Å². The van der Waals surface area contributed by atoms with Gasteiger partial charge in [0, 0.05) is 25.2 Å². The highest BCUT2D eigenvalue weighted by Gasteiger charge is 2.51. The SMILES string of the molecule is CNC(=O)C1COC2(CN(C(=O)Cc3ccc(F)cc3OC)C2)CN1C.O=C(O)C(F)(F)F. The molecule has 0 bridgehead atoms. The number of carbonyl (C=O) groups excluding carboxylic acids is 2. The molecular formula is C20H25F4N3O6. The summed E-state index contributed by atoms with van der Waals surface area (Å²) in [5.41, 5.74) is 0.239. The number of methoxy groups -OCH3 is 1. The van der Waals surface area contributed by atoms with Crippen molar-refractivity contribution in [2.75, 3.05) is 47.4 Å². The molecule has 1 spiro atoms. The Labute approximate surface area is 187 Å². The Morgan fingerprint density at radius 1 is 1.27 bits per heavy atom. The number of nitrogens with zero attached hydrogens (tertiary/aromatic N) is 2. The largest absolute Gasteiger partial charge is 0.496 e. The van der Waals surface area contributed by atoms with Gasteiger partial charge in [-0.15, -0.1) is 0 Å². The minimum atomic E-state index is -5.08. The van der Waals surface area contributed by atoms with Gasteiger partial charge in [-0.3, -0.25) is 14.5 Å². The second-order valence-electron chi connectivity index (χ2n) is 7.72. The van der Waals surface area contributed by atoms with Crippen molar-refractivity contribution in [1.82, 2.24) is 15.1 Å². The van der Waals surface area contributed by atoms with Crippen LogP contribution in [0.25, 0.3) is 0 Å². The Kier molecular flexibility index (Phi) is 8.25. The lowest BCUT2D eigenvalue weighted by Crippen LogP contribution is -2.73. The van der Waals surface area contributed by atoms with Crippen LogP contribution >= 0.6 is 0 Å². The van der Waals surface area contributed by atoms with Gasteiger partial charge in [0.2, 0.25) is 11.8 Å². The van der Waals surface area contributed by atoms with Crippen molar-refractivity contribution >= 4 is 17.8 Å². The topological polar surface area (TPSA) is 108 Å². The second-order valence-corrected chi connectivity index (χ2v) is 7.72. The maximum atomic E-state index is 13.3. The summed E-state index contributed by atoms with van der Waals surface area (Å²) in [6.07, 6.45) is -4.93. The molecule has 3 rings (SSSR count). The van der Waals surface area contributed by atoms with Gasteiger partial charge in [-0.05, 0) is 13.1 Å². The van der Waals surface area contributed by atoms with E-state index in [-0.39, 0.29) is 24.3 Å². The van der Waals surface area contributed by atoms with Crippen LogP contribution in [0.2, 0.25) is 0 Å². The normalized spacial score (nSPS) is 19.7. The second kappa shape index (κ2) is 10.3. The molecule has 2 heterocycles. The van der Waals surface area contributed by atoms with E-state index in [4.69, 9.17) is 19.4 Å².